The zero-order valence-electron chi connectivity index (χ0n) is 17.7. The standard InChI is InChI=1S/C23H32N4O/c1-15(2)24-22(28)12-21-17(4)25-23(26-18(21)5)20-9-10-27(14-20)13-19-8-6-7-16(3)11-19/h6-8,11,15,20H,9-10,12-14H2,1-5H3,(H,24,28). The molecular formula is C23H32N4O. The van der Waals surface area contributed by atoms with Gasteiger partial charge in [-0.1, -0.05) is 29.8 Å². The largest absolute Gasteiger partial charge is 0.354 e. The molecule has 1 unspecified atom stereocenters. The van der Waals surface area contributed by atoms with Gasteiger partial charge in [0.1, 0.15) is 5.82 Å². The van der Waals surface area contributed by atoms with Crippen LogP contribution in [0.1, 0.15) is 60.1 Å². The van der Waals surface area contributed by atoms with E-state index in [1.165, 1.54) is 11.1 Å². The monoisotopic (exact) mass is 380 g/mol. The maximum Gasteiger partial charge on any atom is 0.224 e. The van der Waals surface area contributed by atoms with Crippen LogP contribution in [0.25, 0.3) is 0 Å². The Morgan fingerprint density at radius 2 is 1.93 bits per heavy atom. The van der Waals surface area contributed by atoms with Gasteiger partial charge in [0, 0.05) is 42.0 Å². The van der Waals surface area contributed by atoms with E-state index in [1.54, 1.807) is 0 Å². The summed E-state index contributed by atoms with van der Waals surface area (Å²) in [6.07, 6.45) is 1.43. The Bertz CT molecular complexity index is 823. The Balaban J connectivity index is 1.66. The summed E-state index contributed by atoms with van der Waals surface area (Å²) >= 11 is 0. The number of hydrogen-bond acceptors (Lipinski definition) is 4. The number of amides is 1. The van der Waals surface area contributed by atoms with Crippen LogP contribution in [-0.2, 0) is 17.8 Å². The lowest BCUT2D eigenvalue weighted by molar-refractivity contribution is -0.120. The first-order valence-corrected chi connectivity index (χ1v) is 10.2. The zero-order chi connectivity index (χ0) is 20.3. The molecule has 2 aromatic rings. The van der Waals surface area contributed by atoms with Crippen molar-refractivity contribution in [1.82, 2.24) is 20.2 Å². The summed E-state index contributed by atoms with van der Waals surface area (Å²) in [5, 5.41) is 2.95. The summed E-state index contributed by atoms with van der Waals surface area (Å²) in [6, 6.07) is 8.86. The number of benzene rings is 1. The van der Waals surface area contributed by atoms with Crippen LogP contribution in [0.15, 0.2) is 24.3 Å². The summed E-state index contributed by atoms with van der Waals surface area (Å²) in [5.74, 6) is 1.32. The predicted octanol–water partition coefficient (Wildman–Crippen LogP) is 3.46. The zero-order valence-corrected chi connectivity index (χ0v) is 17.7. The second kappa shape index (κ2) is 8.82. The Labute approximate surface area is 168 Å². The third-order valence-corrected chi connectivity index (χ3v) is 5.35. The molecule has 3 rings (SSSR count). The molecule has 0 spiro atoms. The Kier molecular flexibility index (Phi) is 6.45. The lowest BCUT2D eigenvalue weighted by Crippen LogP contribution is -2.32. The molecule has 1 fully saturated rings. The highest BCUT2D eigenvalue weighted by molar-refractivity contribution is 5.79. The van der Waals surface area contributed by atoms with E-state index in [9.17, 15) is 4.79 Å². The van der Waals surface area contributed by atoms with Gasteiger partial charge in [-0.05, 0) is 53.1 Å². The molecular weight excluding hydrogens is 348 g/mol. The Hall–Kier alpha value is -2.27. The van der Waals surface area contributed by atoms with Crippen molar-refractivity contribution in [2.75, 3.05) is 13.1 Å². The molecule has 5 nitrogen and oxygen atoms in total. The van der Waals surface area contributed by atoms with Gasteiger partial charge in [0.05, 0.1) is 6.42 Å². The van der Waals surface area contributed by atoms with Crippen molar-refractivity contribution < 1.29 is 4.79 Å². The summed E-state index contributed by atoms with van der Waals surface area (Å²) in [7, 11) is 0. The fourth-order valence-corrected chi connectivity index (χ4v) is 3.99. The predicted molar refractivity (Wildman–Crippen MR) is 112 cm³/mol. The second-order valence-corrected chi connectivity index (χ2v) is 8.34. The molecule has 1 aliphatic rings. The van der Waals surface area contributed by atoms with E-state index in [4.69, 9.17) is 9.97 Å². The Morgan fingerprint density at radius 3 is 2.57 bits per heavy atom. The molecule has 28 heavy (non-hydrogen) atoms. The lowest BCUT2D eigenvalue weighted by Gasteiger charge is -2.17. The summed E-state index contributed by atoms with van der Waals surface area (Å²) in [5.41, 5.74) is 5.48. The van der Waals surface area contributed by atoms with Crippen LogP contribution in [-0.4, -0.2) is 39.9 Å². The molecule has 5 heteroatoms. The molecule has 1 atom stereocenters. The third-order valence-electron chi connectivity index (χ3n) is 5.35. The van der Waals surface area contributed by atoms with Gasteiger partial charge < -0.3 is 5.32 Å². The third kappa shape index (κ3) is 5.16. The highest BCUT2D eigenvalue weighted by Gasteiger charge is 2.27. The quantitative estimate of drug-likeness (QED) is 0.834. The SMILES string of the molecule is Cc1cccc(CN2CCC(c3nc(C)c(CC(=O)NC(C)C)c(C)n3)C2)c1. The number of aromatic nitrogens is 2. The van der Waals surface area contributed by atoms with Crippen molar-refractivity contribution in [3.05, 3.63) is 58.2 Å². The highest BCUT2D eigenvalue weighted by Crippen LogP contribution is 2.27. The maximum atomic E-state index is 12.1. The first-order chi connectivity index (χ1) is 13.3. The summed E-state index contributed by atoms with van der Waals surface area (Å²) in [6.45, 7) is 13.1. The minimum absolute atomic E-state index is 0.0303. The van der Waals surface area contributed by atoms with Crippen LogP contribution in [0.2, 0.25) is 0 Å². The number of nitrogens with zero attached hydrogens (tertiary/aromatic N) is 3. The van der Waals surface area contributed by atoms with Crippen LogP contribution in [0.3, 0.4) is 0 Å². The van der Waals surface area contributed by atoms with Crippen LogP contribution in [0, 0.1) is 20.8 Å². The number of nitrogens with one attached hydrogen (secondary N) is 1. The van der Waals surface area contributed by atoms with Crippen LogP contribution in [0.4, 0.5) is 0 Å². The van der Waals surface area contributed by atoms with Crippen LogP contribution >= 0.6 is 0 Å². The lowest BCUT2D eigenvalue weighted by atomic mass is 10.0. The number of rotatable bonds is 6. The molecule has 150 valence electrons. The molecule has 1 aliphatic heterocycles. The summed E-state index contributed by atoms with van der Waals surface area (Å²) < 4.78 is 0. The summed E-state index contributed by atoms with van der Waals surface area (Å²) in [4.78, 5) is 24.2. The highest BCUT2D eigenvalue weighted by atomic mass is 16.1. The van der Waals surface area contributed by atoms with Crippen LogP contribution in [0.5, 0.6) is 0 Å². The van der Waals surface area contributed by atoms with Crippen molar-refractivity contribution >= 4 is 5.91 Å². The first kappa shape index (κ1) is 20.5. The number of carbonyl (C=O) groups excluding carboxylic acids is 1. The molecule has 1 aromatic carbocycles. The maximum absolute atomic E-state index is 12.1. The molecule has 1 aromatic heterocycles. The normalized spacial score (nSPS) is 17.3. The van der Waals surface area contributed by atoms with Crippen molar-refractivity contribution in [2.24, 2.45) is 0 Å². The minimum Gasteiger partial charge on any atom is -0.354 e. The van der Waals surface area contributed by atoms with Gasteiger partial charge >= 0.3 is 0 Å². The topological polar surface area (TPSA) is 58.1 Å². The second-order valence-electron chi connectivity index (χ2n) is 8.34. The number of carbonyl (C=O) groups is 1. The van der Waals surface area contributed by atoms with E-state index in [0.717, 1.165) is 48.8 Å². The number of hydrogen-bond donors (Lipinski definition) is 1. The average Bonchev–Trinajstić information content (AvgIpc) is 3.06. The number of aryl methyl sites for hydroxylation is 3. The molecule has 1 amide bonds. The fraction of sp³-hybridized carbons (Fsp3) is 0.522. The number of likely N-dealkylation sites (tertiary alicyclic amines) is 1. The molecule has 1 N–H and O–H groups in total. The van der Waals surface area contributed by atoms with Crippen molar-refractivity contribution in [2.45, 2.75) is 66.0 Å². The fourth-order valence-electron chi connectivity index (χ4n) is 3.99. The van der Waals surface area contributed by atoms with Crippen LogP contribution < -0.4 is 5.32 Å². The van der Waals surface area contributed by atoms with Gasteiger partial charge in [-0.2, -0.15) is 0 Å². The van der Waals surface area contributed by atoms with Gasteiger partial charge in [-0.15, -0.1) is 0 Å². The smallest absolute Gasteiger partial charge is 0.224 e. The van der Waals surface area contributed by atoms with Gasteiger partial charge in [0.25, 0.3) is 0 Å². The molecule has 2 heterocycles. The molecule has 0 bridgehead atoms. The average molecular weight is 381 g/mol. The molecule has 0 saturated carbocycles. The van der Waals surface area contributed by atoms with E-state index >= 15 is 0 Å². The van der Waals surface area contributed by atoms with Gasteiger partial charge in [0.2, 0.25) is 5.91 Å². The first-order valence-electron chi connectivity index (χ1n) is 10.2. The van der Waals surface area contributed by atoms with Crippen molar-refractivity contribution in [3.63, 3.8) is 0 Å². The molecule has 0 radical (unpaired) electrons. The minimum atomic E-state index is 0.0303. The molecule has 0 aliphatic carbocycles. The van der Waals surface area contributed by atoms with Crippen molar-refractivity contribution in [3.8, 4) is 0 Å². The van der Waals surface area contributed by atoms with Crippen molar-refractivity contribution in [1.29, 1.82) is 0 Å². The van der Waals surface area contributed by atoms with Gasteiger partial charge in [-0.3, -0.25) is 9.69 Å². The van der Waals surface area contributed by atoms with Gasteiger partial charge in [0.15, 0.2) is 0 Å². The Morgan fingerprint density at radius 1 is 1.21 bits per heavy atom. The molecule has 1 saturated heterocycles. The van der Waals surface area contributed by atoms with E-state index < -0.39 is 0 Å². The van der Waals surface area contributed by atoms with E-state index in [0.29, 0.717) is 12.3 Å². The van der Waals surface area contributed by atoms with E-state index in [1.807, 2.05) is 27.7 Å². The van der Waals surface area contributed by atoms with E-state index in [2.05, 4.69) is 41.4 Å². The van der Waals surface area contributed by atoms with E-state index in [-0.39, 0.29) is 11.9 Å². The van der Waals surface area contributed by atoms with Gasteiger partial charge in [-0.25, -0.2) is 9.97 Å².